The summed E-state index contributed by atoms with van der Waals surface area (Å²) in [4.78, 5) is 32.6. The molecule has 0 amide bonds. The fraction of sp³-hybridized carbons (Fsp3) is 0.400. The molecule has 0 bridgehead atoms. The first kappa shape index (κ1) is 20.3. The minimum Gasteiger partial charge on any atom is -0.439 e. The lowest BCUT2D eigenvalue weighted by molar-refractivity contribution is -0.150. The van der Waals surface area contributed by atoms with Gasteiger partial charge in [-0.1, -0.05) is 55.0 Å². The number of rotatable bonds is 5. The lowest BCUT2D eigenvalue weighted by Crippen LogP contribution is -2.39. The maximum absolute atomic E-state index is 12.8. The summed E-state index contributed by atoms with van der Waals surface area (Å²) >= 11 is 0. The van der Waals surface area contributed by atoms with Gasteiger partial charge in [0, 0.05) is 37.1 Å². The summed E-state index contributed by atoms with van der Waals surface area (Å²) in [5.74, 6) is 0.279. The van der Waals surface area contributed by atoms with Gasteiger partial charge in [-0.25, -0.2) is 4.99 Å². The Hall–Kier alpha value is -2.95. The fourth-order valence-corrected chi connectivity index (χ4v) is 4.10. The molecule has 0 saturated carbocycles. The number of carbonyl (C=O) groups excluding carboxylic acids is 2. The summed E-state index contributed by atoms with van der Waals surface area (Å²) in [6.45, 7) is 3.77. The van der Waals surface area contributed by atoms with Gasteiger partial charge < -0.3 is 9.64 Å². The van der Waals surface area contributed by atoms with Gasteiger partial charge in [0.1, 0.15) is 5.84 Å². The number of amidine groups is 1. The van der Waals surface area contributed by atoms with Gasteiger partial charge in [-0.2, -0.15) is 0 Å². The van der Waals surface area contributed by atoms with Crippen molar-refractivity contribution in [3.8, 4) is 0 Å². The third-order valence-electron chi connectivity index (χ3n) is 5.92. The predicted octanol–water partition coefficient (Wildman–Crippen LogP) is 4.57. The van der Waals surface area contributed by atoms with Crippen LogP contribution in [0.2, 0.25) is 0 Å². The van der Waals surface area contributed by atoms with E-state index in [0.29, 0.717) is 11.1 Å². The molecule has 0 radical (unpaired) electrons. The molecule has 1 fully saturated rings. The molecule has 2 unspecified atom stereocenters. The van der Waals surface area contributed by atoms with E-state index < -0.39 is 12.1 Å². The molecule has 0 N–H and O–H groups in total. The van der Waals surface area contributed by atoms with Gasteiger partial charge in [-0.3, -0.25) is 9.59 Å². The van der Waals surface area contributed by atoms with E-state index in [0.717, 1.165) is 43.8 Å². The van der Waals surface area contributed by atoms with E-state index in [9.17, 15) is 9.59 Å². The quantitative estimate of drug-likeness (QED) is 0.541. The molecular weight excluding hydrogens is 376 g/mol. The Bertz CT molecular complexity index is 938. The van der Waals surface area contributed by atoms with Crippen LogP contribution in [0.15, 0.2) is 59.6 Å². The topological polar surface area (TPSA) is 59.0 Å². The first-order valence-electron chi connectivity index (χ1n) is 10.8. The van der Waals surface area contributed by atoms with Crippen molar-refractivity contribution in [3.63, 3.8) is 0 Å². The molecule has 2 atom stereocenters. The van der Waals surface area contributed by atoms with E-state index in [4.69, 9.17) is 9.73 Å². The Morgan fingerprint density at radius 1 is 1.00 bits per heavy atom. The van der Waals surface area contributed by atoms with Crippen LogP contribution in [0.3, 0.4) is 0 Å². The van der Waals surface area contributed by atoms with Crippen molar-refractivity contribution in [1.29, 1.82) is 0 Å². The summed E-state index contributed by atoms with van der Waals surface area (Å²) in [6, 6.07) is 16.4. The zero-order valence-electron chi connectivity index (χ0n) is 17.4. The highest BCUT2D eigenvalue weighted by Crippen LogP contribution is 2.24. The van der Waals surface area contributed by atoms with E-state index in [-0.39, 0.29) is 11.8 Å². The van der Waals surface area contributed by atoms with Gasteiger partial charge in [0.15, 0.2) is 12.0 Å². The van der Waals surface area contributed by atoms with Crippen LogP contribution in [0.25, 0.3) is 0 Å². The summed E-state index contributed by atoms with van der Waals surface area (Å²) in [6.07, 6.45) is 4.88. The maximum atomic E-state index is 12.8. The molecule has 4 rings (SSSR count). The molecule has 5 heteroatoms. The van der Waals surface area contributed by atoms with E-state index in [1.165, 1.54) is 12.8 Å². The molecule has 0 aliphatic carbocycles. The molecule has 2 heterocycles. The lowest BCUT2D eigenvalue weighted by atomic mass is 9.96. The van der Waals surface area contributed by atoms with Crippen LogP contribution < -0.4 is 0 Å². The molecule has 0 spiro atoms. The third-order valence-corrected chi connectivity index (χ3v) is 5.92. The number of ketones is 1. The first-order valence-corrected chi connectivity index (χ1v) is 10.8. The molecule has 2 aromatic carbocycles. The maximum Gasteiger partial charge on any atom is 0.315 e. The molecule has 30 heavy (non-hydrogen) atoms. The van der Waals surface area contributed by atoms with E-state index in [1.54, 1.807) is 24.3 Å². The van der Waals surface area contributed by atoms with Crippen LogP contribution in [0.1, 0.15) is 66.4 Å². The average molecular weight is 405 g/mol. The molecule has 2 aliphatic heterocycles. The number of fused-ring (bicyclic) bond motifs is 1. The number of benzene rings is 2. The summed E-state index contributed by atoms with van der Waals surface area (Å²) in [7, 11) is 0. The number of hydrogen-bond acceptors (Lipinski definition) is 5. The standard InChI is InChI=1S/C25H28N2O3/c1-18(20-11-8-12-21(17-20)24(28)19-9-4-2-5-10-19)25(29)30-23-14-16-27-15-7-3-6-13-22(27)26-23/h2,4-5,8-12,17-18,23H,3,6-7,13-16H2,1H3. The van der Waals surface area contributed by atoms with Gasteiger partial charge in [-0.05, 0) is 31.4 Å². The molecule has 5 nitrogen and oxygen atoms in total. The zero-order valence-corrected chi connectivity index (χ0v) is 17.4. The highest BCUT2D eigenvalue weighted by molar-refractivity contribution is 6.09. The predicted molar refractivity (Wildman–Crippen MR) is 117 cm³/mol. The summed E-state index contributed by atoms with van der Waals surface area (Å²) in [5, 5.41) is 0. The number of ether oxygens (including phenoxy) is 1. The molecule has 0 aromatic heterocycles. The molecule has 2 aliphatic rings. The second-order valence-electron chi connectivity index (χ2n) is 8.07. The second kappa shape index (κ2) is 9.24. The number of hydrogen-bond donors (Lipinski definition) is 0. The second-order valence-corrected chi connectivity index (χ2v) is 8.07. The van der Waals surface area contributed by atoms with Gasteiger partial charge in [0.2, 0.25) is 0 Å². The van der Waals surface area contributed by atoms with Crippen molar-refractivity contribution in [2.24, 2.45) is 4.99 Å². The Balaban J connectivity index is 1.44. The molecular formula is C25H28N2O3. The van der Waals surface area contributed by atoms with E-state index in [2.05, 4.69) is 4.90 Å². The van der Waals surface area contributed by atoms with Gasteiger partial charge in [-0.15, -0.1) is 0 Å². The number of esters is 1. The molecule has 1 saturated heterocycles. The molecule has 156 valence electrons. The first-order chi connectivity index (χ1) is 14.6. The van der Waals surface area contributed by atoms with Crippen molar-refractivity contribution in [3.05, 3.63) is 71.3 Å². The smallest absolute Gasteiger partial charge is 0.315 e. The minimum atomic E-state index is -0.458. The minimum absolute atomic E-state index is 0.0508. The van der Waals surface area contributed by atoms with Crippen molar-refractivity contribution in [2.45, 2.75) is 51.2 Å². The number of nitrogens with zero attached hydrogens (tertiary/aromatic N) is 2. The third kappa shape index (κ3) is 4.61. The van der Waals surface area contributed by atoms with Gasteiger partial charge >= 0.3 is 5.97 Å². The van der Waals surface area contributed by atoms with Crippen LogP contribution in [-0.4, -0.2) is 41.8 Å². The van der Waals surface area contributed by atoms with Crippen LogP contribution in [0.5, 0.6) is 0 Å². The van der Waals surface area contributed by atoms with Gasteiger partial charge in [0.05, 0.1) is 5.92 Å². The van der Waals surface area contributed by atoms with Crippen LogP contribution >= 0.6 is 0 Å². The normalized spacial score (nSPS) is 19.8. The van der Waals surface area contributed by atoms with Crippen molar-refractivity contribution in [1.82, 2.24) is 4.90 Å². The summed E-state index contributed by atoms with van der Waals surface area (Å²) in [5.41, 5.74) is 1.99. The SMILES string of the molecule is CC(C(=O)OC1CCN2CCCCCC2=N1)c1cccc(C(=O)c2ccccc2)c1. The average Bonchev–Trinajstić information content (AvgIpc) is 3.03. The monoisotopic (exact) mass is 404 g/mol. The van der Waals surface area contributed by atoms with Crippen molar-refractivity contribution < 1.29 is 14.3 Å². The van der Waals surface area contributed by atoms with Gasteiger partial charge in [0.25, 0.3) is 0 Å². The van der Waals surface area contributed by atoms with E-state index in [1.807, 2.05) is 37.3 Å². The largest absolute Gasteiger partial charge is 0.439 e. The zero-order chi connectivity index (χ0) is 20.9. The van der Waals surface area contributed by atoms with Crippen molar-refractivity contribution in [2.75, 3.05) is 13.1 Å². The van der Waals surface area contributed by atoms with Crippen LogP contribution in [0.4, 0.5) is 0 Å². The highest BCUT2D eigenvalue weighted by atomic mass is 16.6. The number of aliphatic imine (C=N–C) groups is 1. The van der Waals surface area contributed by atoms with Crippen LogP contribution in [0, 0.1) is 0 Å². The highest BCUT2D eigenvalue weighted by Gasteiger charge is 2.27. The lowest BCUT2D eigenvalue weighted by Gasteiger charge is -2.31. The van der Waals surface area contributed by atoms with Crippen LogP contribution in [-0.2, 0) is 9.53 Å². The molecule has 2 aromatic rings. The van der Waals surface area contributed by atoms with Crippen molar-refractivity contribution >= 4 is 17.6 Å². The Morgan fingerprint density at radius 3 is 2.63 bits per heavy atom. The number of carbonyl (C=O) groups is 2. The summed E-state index contributed by atoms with van der Waals surface area (Å²) < 4.78 is 5.74. The Labute approximate surface area is 177 Å². The fourth-order valence-electron chi connectivity index (χ4n) is 4.10. The van der Waals surface area contributed by atoms with E-state index >= 15 is 0 Å². The Morgan fingerprint density at radius 2 is 1.80 bits per heavy atom. The Kier molecular flexibility index (Phi) is 6.26.